The molecule has 2 aromatic carbocycles. The molecule has 3 rings (SSSR count). The maximum Gasteiger partial charge on any atom is 0.230 e. The number of hydrogen-bond acceptors (Lipinski definition) is 2. The second-order valence-electron chi connectivity index (χ2n) is 6.82. The van der Waals surface area contributed by atoms with Crippen LogP contribution in [0.4, 0.5) is 5.69 Å². The Hall–Kier alpha value is -2.62. The number of amides is 2. The molecule has 1 saturated heterocycles. The van der Waals surface area contributed by atoms with Crippen LogP contribution >= 0.6 is 0 Å². The Morgan fingerprint density at radius 2 is 1.65 bits per heavy atom. The zero-order valence-corrected chi connectivity index (χ0v) is 15.7. The van der Waals surface area contributed by atoms with Crippen molar-refractivity contribution < 1.29 is 9.59 Å². The van der Waals surface area contributed by atoms with Crippen LogP contribution in [0.1, 0.15) is 43.0 Å². The molecular formula is C22H26N2O2. The number of carbonyl (C=O) groups is 2. The van der Waals surface area contributed by atoms with Gasteiger partial charge < -0.3 is 10.2 Å². The summed E-state index contributed by atoms with van der Waals surface area (Å²) in [4.78, 5) is 27.2. The highest BCUT2D eigenvalue weighted by atomic mass is 16.2. The van der Waals surface area contributed by atoms with Gasteiger partial charge in [-0.15, -0.1) is 0 Å². The highest BCUT2D eigenvalue weighted by Gasteiger charge is 2.42. The first-order chi connectivity index (χ1) is 12.6. The van der Waals surface area contributed by atoms with Crippen LogP contribution in [-0.4, -0.2) is 23.8 Å². The van der Waals surface area contributed by atoms with Gasteiger partial charge in [0.05, 0.1) is 12.0 Å². The van der Waals surface area contributed by atoms with Gasteiger partial charge in [-0.25, -0.2) is 0 Å². The molecule has 2 aromatic rings. The number of para-hydroxylation sites is 1. The van der Waals surface area contributed by atoms with Crippen molar-refractivity contribution in [3.05, 3.63) is 65.2 Å². The van der Waals surface area contributed by atoms with E-state index in [-0.39, 0.29) is 30.2 Å². The molecule has 2 amide bonds. The fourth-order valence-corrected chi connectivity index (χ4v) is 3.83. The summed E-state index contributed by atoms with van der Waals surface area (Å²) in [5.74, 6) is -0.449. The van der Waals surface area contributed by atoms with Gasteiger partial charge in [0, 0.05) is 19.2 Å². The first kappa shape index (κ1) is 18.2. The van der Waals surface area contributed by atoms with Crippen LogP contribution < -0.4 is 5.32 Å². The zero-order chi connectivity index (χ0) is 18.7. The molecule has 4 heteroatoms. The van der Waals surface area contributed by atoms with Crippen LogP contribution in [0.5, 0.6) is 0 Å². The smallest absolute Gasteiger partial charge is 0.230 e. The molecule has 2 atom stereocenters. The standard InChI is InChI=1S/C22H26N2O2/c1-4-15-12-9-13-16(5-2)20(15)23-22(26)18-14-19(25)24(3)21(18)17-10-7-6-8-11-17/h6-13,18,21H,4-5,14H2,1-3H3,(H,23,26)/t18-,21+/m1/s1. The fraction of sp³-hybridized carbons (Fsp3) is 0.364. The SMILES string of the molecule is CCc1cccc(CC)c1NC(=O)[C@@H]1CC(=O)N(C)[C@H]1c1ccccc1. The Morgan fingerprint density at radius 3 is 2.23 bits per heavy atom. The number of nitrogens with one attached hydrogen (secondary N) is 1. The lowest BCUT2D eigenvalue weighted by molar-refractivity contribution is -0.127. The minimum atomic E-state index is -0.385. The van der Waals surface area contributed by atoms with Gasteiger partial charge in [0.1, 0.15) is 0 Å². The van der Waals surface area contributed by atoms with Gasteiger partial charge in [-0.05, 0) is 29.5 Å². The minimum Gasteiger partial charge on any atom is -0.338 e. The van der Waals surface area contributed by atoms with Crippen LogP contribution in [0, 0.1) is 5.92 Å². The molecule has 0 unspecified atom stereocenters. The second kappa shape index (κ2) is 7.73. The first-order valence-electron chi connectivity index (χ1n) is 9.29. The van der Waals surface area contributed by atoms with Gasteiger partial charge in [-0.2, -0.15) is 0 Å². The van der Waals surface area contributed by atoms with E-state index in [1.165, 1.54) is 0 Å². The van der Waals surface area contributed by atoms with Crippen LogP contribution in [0.25, 0.3) is 0 Å². The maximum absolute atomic E-state index is 13.1. The van der Waals surface area contributed by atoms with Crippen molar-refractivity contribution in [1.29, 1.82) is 0 Å². The lowest BCUT2D eigenvalue weighted by Crippen LogP contribution is -2.30. The number of nitrogens with zero attached hydrogens (tertiary/aromatic N) is 1. The largest absolute Gasteiger partial charge is 0.338 e. The number of likely N-dealkylation sites (tertiary alicyclic amines) is 1. The molecule has 0 saturated carbocycles. The number of anilines is 1. The average Bonchev–Trinajstić information content (AvgIpc) is 2.97. The molecule has 1 aliphatic rings. The van der Waals surface area contributed by atoms with Crippen molar-refractivity contribution in [2.75, 3.05) is 12.4 Å². The van der Waals surface area contributed by atoms with Gasteiger partial charge in [-0.3, -0.25) is 9.59 Å². The summed E-state index contributed by atoms with van der Waals surface area (Å²) < 4.78 is 0. The second-order valence-corrected chi connectivity index (χ2v) is 6.82. The summed E-state index contributed by atoms with van der Waals surface area (Å²) in [6, 6.07) is 15.7. The maximum atomic E-state index is 13.1. The van der Waals surface area contributed by atoms with E-state index >= 15 is 0 Å². The van der Waals surface area contributed by atoms with E-state index in [9.17, 15) is 9.59 Å². The molecule has 1 N–H and O–H groups in total. The van der Waals surface area contributed by atoms with Crippen molar-refractivity contribution in [3.8, 4) is 0 Å². The van der Waals surface area contributed by atoms with E-state index < -0.39 is 0 Å². The van der Waals surface area contributed by atoms with Crippen LogP contribution in [0.15, 0.2) is 48.5 Å². The fourth-order valence-electron chi connectivity index (χ4n) is 3.83. The molecule has 1 fully saturated rings. The van der Waals surface area contributed by atoms with Gasteiger partial charge >= 0.3 is 0 Å². The average molecular weight is 350 g/mol. The predicted octanol–water partition coefficient (Wildman–Crippen LogP) is 3.97. The predicted molar refractivity (Wildman–Crippen MR) is 104 cm³/mol. The quantitative estimate of drug-likeness (QED) is 0.887. The van der Waals surface area contributed by atoms with Crippen molar-refractivity contribution in [2.24, 2.45) is 5.92 Å². The Morgan fingerprint density at radius 1 is 1.04 bits per heavy atom. The molecule has 1 heterocycles. The molecule has 136 valence electrons. The molecule has 0 radical (unpaired) electrons. The Labute approximate surface area is 155 Å². The lowest BCUT2D eigenvalue weighted by atomic mass is 9.92. The molecular weight excluding hydrogens is 324 g/mol. The van der Waals surface area contributed by atoms with Crippen molar-refractivity contribution in [3.63, 3.8) is 0 Å². The third kappa shape index (κ3) is 3.36. The number of benzene rings is 2. The summed E-state index contributed by atoms with van der Waals surface area (Å²) in [6.45, 7) is 4.17. The summed E-state index contributed by atoms with van der Waals surface area (Å²) in [6.07, 6.45) is 1.96. The third-order valence-electron chi connectivity index (χ3n) is 5.31. The molecule has 1 aliphatic heterocycles. The Bertz CT molecular complexity index is 779. The summed E-state index contributed by atoms with van der Waals surface area (Å²) in [7, 11) is 1.78. The van der Waals surface area contributed by atoms with E-state index in [0.29, 0.717) is 0 Å². The molecule has 0 aromatic heterocycles. The molecule has 4 nitrogen and oxygen atoms in total. The number of hydrogen-bond donors (Lipinski definition) is 1. The van der Waals surface area contributed by atoms with E-state index in [0.717, 1.165) is 35.2 Å². The monoisotopic (exact) mass is 350 g/mol. The summed E-state index contributed by atoms with van der Waals surface area (Å²) in [5.41, 5.74) is 4.18. The number of aryl methyl sites for hydroxylation is 2. The molecule has 0 aliphatic carbocycles. The normalized spacial score (nSPS) is 19.7. The van der Waals surface area contributed by atoms with E-state index in [4.69, 9.17) is 0 Å². The topological polar surface area (TPSA) is 49.4 Å². The minimum absolute atomic E-state index is 0.0125. The molecule has 0 spiro atoms. The lowest BCUT2D eigenvalue weighted by Gasteiger charge is -2.25. The van der Waals surface area contributed by atoms with E-state index in [1.807, 2.05) is 36.4 Å². The van der Waals surface area contributed by atoms with Crippen molar-refractivity contribution in [2.45, 2.75) is 39.2 Å². The number of rotatable bonds is 5. The summed E-state index contributed by atoms with van der Waals surface area (Å²) >= 11 is 0. The van der Waals surface area contributed by atoms with Gasteiger partial charge in [-0.1, -0.05) is 62.4 Å². The molecule has 26 heavy (non-hydrogen) atoms. The highest BCUT2D eigenvalue weighted by molar-refractivity contribution is 5.99. The molecule has 0 bridgehead atoms. The third-order valence-corrected chi connectivity index (χ3v) is 5.31. The summed E-state index contributed by atoms with van der Waals surface area (Å²) in [5, 5.41) is 3.15. The zero-order valence-electron chi connectivity index (χ0n) is 15.7. The van der Waals surface area contributed by atoms with E-state index in [1.54, 1.807) is 11.9 Å². The Kier molecular flexibility index (Phi) is 5.40. The van der Waals surface area contributed by atoms with Crippen LogP contribution in [0.2, 0.25) is 0 Å². The highest BCUT2D eigenvalue weighted by Crippen LogP contribution is 2.38. The van der Waals surface area contributed by atoms with Gasteiger partial charge in [0.25, 0.3) is 0 Å². The van der Waals surface area contributed by atoms with Crippen LogP contribution in [-0.2, 0) is 22.4 Å². The number of carbonyl (C=O) groups excluding carboxylic acids is 2. The first-order valence-corrected chi connectivity index (χ1v) is 9.29. The van der Waals surface area contributed by atoms with Gasteiger partial charge in [0.15, 0.2) is 0 Å². The van der Waals surface area contributed by atoms with Crippen molar-refractivity contribution in [1.82, 2.24) is 4.90 Å². The van der Waals surface area contributed by atoms with E-state index in [2.05, 4.69) is 31.3 Å². The van der Waals surface area contributed by atoms with Gasteiger partial charge in [0.2, 0.25) is 11.8 Å². The van der Waals surface area contributed by atoms with Crippen molar-refractivity contribution >= 4 is 17.5 Å². The van der Waals surface area contributed by atoms with Crippen LogP contribution in [0.3, 0.4) is 0 Å². The Balaban J connectivity index is 1.91.